The van der Waals surface area contributed by atoms with Crippen LogP contribution in [0.15, 0.2) is 47.1 Å². The normalized spacial score (nSPS) is 12.4. The van der Waals surface area contributed by atoms with Crippen molar-refractivity contribution in [3.05, 3.63) is 64.1 Å². The van der Waals surface area contributed by atoms with Crippen LogP contribution in [0.4, 0.5) is 4.39 Å². The van der Waals surface area contributed by atoms with Crippen LogP contribution in [0.25, 0.3) is 0 Å². The number of hydrogen-bond donors (Lipinski definition) is 1. The molecule has 1 N–H and O–H groups in total. The molecule has 0 saturated carbocycles. The molecule has 1 atom stereocenters. The predicted molar refractivity (Wildman–Crippen MR) is 62.4 cm³/mol. The summed E-state index contributed by atoms with van der Waals surface area (Å²) in [5.41, 5.74) is 0.646. The molecule has 0 amide bonds. The number of nitrogens with zero attached hydrogens (tertiary/aromatic N) is 1. The molecule has 2 rings (SSSR count). The van der Waals surface area contributed by atoms with Gasteiger partial charge in [0.05, 0.1) is 10.2 Å². The molecule has 0 unspecified atom stereocenters. The van der Waals surface area contributed by atoms with E-state index in [4.69, 9.17) is 0 Å². The molecule has 82 valence electrons. The van der Waals surface area contributed by atoms with Crippen LogP contribution in [0.5, 0.6) is 0 Å². The molecular formula is C12H9BrFNO. The van der Waals surface area contributed by atoms with Gasteiger partial charge in [0, 0.05) is 11.8 Å². The fourth-order valence-electron chi connectivity index (χ4n) is 1.43. The molecule has 0 aliphatic heterocycles. The van der Waals surface area contributed by atoms with E-state index >= 15 is 0 Å². The minimum Gasteiger partial charge on any atom is -0.382 e. The number of hydrogen-bond acceptors (Lipinski definition) is 2. The second-order valence-electron chi connectivity index (χ2n) is 3.30. The summed E-state index contributed by atoms with van der Waals surface area (Å²) in [6, 6.07) is 9.96. The summed E-state index contributed by atoms with van der Waals surface area (Å²) in [5, 5.41) is 9.97. The van der Waals surface area contributed by atoms with Gasteiger partial charge in [-0.1, -0.05) is 18.2 Å². The molecule has 0 radical (unpaired) electrons. The van der Waals surface area contributed by atoms with Crippen molar-refractivity contribution in [3.8, 4) is 0 Å². The number of rotatable bonds is 2. The number of aromatic nitrogens is 1. The first kappa shape index (κ1) is 11.2. The highest BCUT2D eigenvalue weighted by molar-refractivity contribution is 9.10. The summed E-state index contributed by atoms with van der Waals surface area (Å²) in [7, 11) is 0. The Labute approximate surface area is 101 Å². The van der Waals surface area contributed by atoms with Crippen LogP contribution in [-0.4, -0.2) is 10.1 Å². The van der Waals surface area contributed by atoms with Crippen molar-refractivity contribution in [1.82, 2.24) is 4.98 Å². The molecule has 0 fully saturated rings. The van der Waals surface area contributed by atoms with E-state index in [-0.39, 0.29) is 5.56 Å². The average Bonchev–Trinajstić information content (AvgIpc) is 2.33. The Balaban J connectivity index is 2.42. The number of aliphatic hydroxyl groups excluding tert-OH is 1. The fraction of sp³-hybridized carbons (Fsp3) is 0.0833. The number of benzene rings is 1. The monoisotopic (exact) mass is 281 g/mol. The Morgan fingerprint density at radius 2 is 2.00 bits per heavy atom. The molecule has 2 nitrogen and oxygen atoms in total. The molecule has 4 heteroatoms. The van der Waals surface area contributed by atoms with Crippen molar-refractivity contribution in [1.29, 1.82) is 0 Å². The maximum absolute atomic E-state index is 13.7. The number of halogens is 2. The van der Waals surface area contributed by atoms with Crippen LogP contribution in [0.3, 0.4) is 0 Å². The summed E-state index contributed by atoms with van der Waals surface area (Å²) in [5.74, 6) is -0.458. The minimum atomic E-state index is -1.04. The highest BCUT2D eigenvalue weighted by atomic mass is 79.9. The first-order valence-corrected chi connectivity index (χ1v) is 5.52. The van der Waals surface area contributed by atoms with E-state index in [1.807, 2.05) is 0 Å². The Hall–Kier alpha value is -1.26. The van der Waals surface area contributed by atoms with Crippen LogP contribution < -0.4 is 0 Å². The molecule has 1 heterocycles. The largest absolute Gasteiger partial charge is 0.382 e. The van der Waals surface area contributed by atoms with Gasteiger partial charge in [-0.25, -0.2) is 4.39 Å². The van der Waals surface area contributed by atoms with Gasteiger partial charge < -0.3 is 5.11 Å². The lowest BCUT2D eigenvalue weighted by Gasteiger charge is -2.11. The summed E-state index contributed by atoms with van der Waals surface area (Å²) in [6.45, 7) is 0. The molecular weight excluding hydrogens is 273 g/mol. The molecule has 1 aromatic heterocycles. The van der Waals surface area contributed by atoms with Gasteiger partial charge in [-0.3, -0.25) is 4.98 Å². The third kappa shape index (κ3) is 2.13. The van der Waals surface area contributed by atoms with Gasteiger partial charge in [0.2, 0.25) is 0 Å². The van der Waals surface area contributed by atoms with E-state index in [2.05, 4.69) is 20.9 Å². The third-order valence-corrected chi connectivity index (χ3v) is 2.86. The zero-order valence-electron chi connectivity index (χ0n) is 8.27. The average molecular weight is 282 g/mol. The van der Waals surface area contributed by atoms with E-state index in [0.29, 0.717) is 10.2 Å². The number of aliphatic hydroxyl groups is 1. The first-order chi connectivity index (χ1) is 7.70. The fourth-order valence-corrected chi connectivity index (χ4v) is 1.81. The lowest BCUT2D eigenvalue weighted by molar-refractivity contribution is 0.210. The highest BCUT2D eigenvalue weighted by Gasteiger charge is 2.17. The van der Waals surface area contributed by atoms with Crippen molar-refractivity contribution >= 4 is 15.9 Å². The van der Waals surface area contributed by atoms with E-state index in [0.717, 1.165) is 0 Å². The van der Waals surface area contributed by atoms with Crippen molar-refractivity contribution in [2.45, 2.75) is 6.10 Å². The van der Waals surface area contributed by atoms with Crippen molar-refractivity contribution in [2.75, 3.05) is 0 Å². The second-order valence-corrected chi connectivity index (χ2v) is 4.15. The lowest BCUT2D eigenvalue weighted by Crippen LogP contribution is -2.04. The Kier molecular flexibility index (Phi) is 3.31. The van der Waals surface area contributed by atoms with Gasteiger partial charge >= 0.3 is 0 Å². The first-order valence-electron chi connectivity index (χ1n) is 4.73. The zero-order valence-corrected chi connectivity index (χ0v) is 9.86. The van der Waals surface area contributed by atoms with Crippen LogP contribution >= 0.6 is 15.9 Å². The summed E-state index contributed by atoms with van der Waals surface area (Å²) < 4.78 is 14.0. The number of pyridine rings is 1. The summed E-state index contributed by atoms with van der Waals surface area (Å²) in [6.07, 6.45) is 0.521. The molecule has 0 bridgehead atoms. The molecule has 0 saturated heterocycles. The maximum Gasteiger partial charge on any atom is 0.143 e. The molecule has 0 aliphatic carbocycles. The van der Waals surface area contributed by atoms with Gasteiger partial charge in [0.1, 0.15) is 11.9 Å². The molecule has 2 aromatic rings. The van der Waals surface area contributed by atoms with Crippen molar-refractivity contribution in [3.63, 3.8) is 0 Å². The standard InChI is InChI=1S/C12H9BrFNO/c13-9-5-3-4-8(11(9)14)12(16)10-6-1-2-7-15-10/h1-7,12,16H/t12-/m1/s1. The molecule has 1 aromatic carbocycles. The van der Waals surface area contributed by atoms with E-state index in [9.17, 15) is 9.50 Å². The van der Waals surface area contributed by atoms with E-state index in [1.54, 1.807) is 42.6 Å². The quantitative estimate of drug-likeness (QED) is 0.918. The molecule has 0 spiro atoms. The van der Waals surface area contributed by atoms with Crippen LogP contribution in [0.2, 0.25) is 0 Å². The Morgan fingerprint density at radius 1 is 1.19 bits per heavy atom. The SMILES string of the molecule is O[C@@H](c1ccccn1)c1cccc(Br)c1F. The van der Waals surface area contributed by atoms with Gasteiger partial charge in [0.25, 0.3) is 0 Å². The summed E-state index contributed by atoms with van der Waals surface area (Å²) >= 11 is 3.08. The maximum atomic E-state index is 13.7. The zero-order chi connectivity index (χ0) is 11.5. The summed E-state index contributed by atoms with van der Waals surface area (Å²) in [4.78, 5) is 3.99. The van der Waals surface area contributed by atoms with Crippen molar-refractivity contribution in [2.24, 2.45) is 0 Å². The third-order valence-electron chi connectivity index (χ3n) is 2.24. The van der Waals surface area contributed by atoms with Gasteiger partial charge in [-0.05, 0) is 34.1 Å². The predicted octanol–water partition coefficient (Wildman–Crippen LogP) is 3.06. The van der Waals surface area contributed by atoms with Gasteiger partial charge in [-0.2, -0.15) is 0 Å². The Bertz CT molecular complexity index is 490. The van der Waals surface area contributed by atoms with Gasteiger partial charge in [-0.15, -0.1) is 0 Å². The van der Waals surface area contributed by atoms with Crippen LogP contribution in [0.1, 0.15) is 17.4 Å². The van der Waals surface area contributed by atoms with Gasteiger partial charge in [0.15, 0.2) is 0 Å². The smallest absolute Gasteiger partial charge is 0.143 e. The van der Waals surface area contributed by atoms with Crippen molar-refractivity contribution < 1.29 is 9.50 Å². The highest BCUT2D eigenvalue weighted by Crippen LogP contribution is 2.26. The lowest BCUT2D eigenvalue weighted by atomic mass is 10.1. The Morgan fingerprint density at radius 3 is 2.69 bits per heavy atom. The van der Waals surface area contributed by atoms with Crippen LogP contribution in [0, 0.1) is 5.82 Å². The minimum absolute atomic E-state index is 0.216. The van der Waals surface area contributed by atoms with E-state index < -0.39 is 11.9 Å². The topological polar surface area (TPSA) is 33.1 Å². The van der Waals surface area contributed by atoms with E-state index in [1.165, 1.54) is 0 Å². The molecule has 0 aliphatic rings. The van der Waals surface area contributed by atoms with Crippen LogP contribution in [-0.2, 0) is 0 Å². The second kappa shape index (κ2) is 4.72. The molecule has 16 heavy (non-hydrogen) atoms.